The summed E-state index contributed by atoms with van der Waals surface area (Å²) in [5.41, 5.74) is 1.51. The Morgan fingerprint density at radius 1 is 1.05 bits per heavy atom. The number of carbonyl (C=O) groups excluding carboxylic acids is 1. The summed E-state index contributed by atoms with van der Waals surface area (Å²) in [6.07, 6.45) is 3.33. The van der Waals surface area contributed by atoms with Crippen molar-refractivity contribution >= 4 is 11.9 Å². The summed E-state index contributed by atoms with van der Waals surface area (Å²) in [4.78, 5) is 12.2. The molecule has 0 aliphatic heterocycles. The van der Waals surface area contributed by atoms with Gasteiger partial charge in [0.05, 0.1) is 5.56 Å². The van der Waals surface area contributed by atoms with Crippen molar-refractivity contribution in [3.8, 4) is 5.75 Å². The SMILES string of the molecule is COCOc1ccccc1C(=O)/C=C/c1ccccc1. The molecule has 0 N–H and O–H groups in total. The molecule has 0 aliphatic carbocycles. The van der Waals surface area contributed by atoms with E-state index in [2.05, 4.69) is 0 Å². The van der Waals surface area contributed by atoms with Gasteiger partial charge in [0.2, 0.25) is 0 Å². The number of benzene rings is 2. The number of hydrogen-bond donors (Lipinski definition) is 0. The maximum absolute atomic E-state index is 12.2. The van der Waals surface area contributed by atoms with Crippen LogP contribution < -0.4 is 4.74 Å². The Morgan fingerprint density at radius 3 is 2.50 bits per heavy atom. The topological polar surface area (TPSA) is 35.5 Å². The first kappa shape index (κ1) is 14.0. The van der Waals surface area contributed by atoms with Crippen molar-refractivity contribution in [1.29, 1.82) is 0 Å². The first-order valence-corrected chi connectivity index (χ1v) is 6.29. The Bertz CT molecular complexity index is 588. The monoisotopic (exact) mass is 268 g/mol. The minimum atomic E-state index is -0.0967. The number of methoxy groups -OCH3 is 1. The van der Waals surface area contributed by atoms with Crippen molar-refractivity contribution in [1.82, 2.24) is 0 Å². The van der Waals surface area contributed by atoms with E-state index in [0.29, 0.717) is 11.3 Å². The van der Waals surface area contributed by atoms with Gasteiger partial charge in [-0.2, -0.15) is 0 Å². The molecule has 2 aromatic rings. The number of rotatable bonds is 6. The van der Waals surface area contributed by atoms with E-state index in [1.807, 2.05) is 42.5 Å². The number of hydrogen-bond acceptors (Lipinski definition) is 3. The third-order valence-electron chi connectivity index (χ3n) is 2.71. The summed E-state index contributed by atoms with van der Waals surface area (Å²) in [7, 11) is 1.54. The lowest BCUT2D eigenvalue weighted by Gasteiger charge is -2.08. The number of carbonyl (C=O) groups is 1. The first-order valence-electron chi connectivity index (χ1n) is 6.29. The maximum Gasteiger partial charge on any atom is 0.189 e. The second-order valence-corrected chi connectivity index (χ2v) is 4.16. The Hall–Kier alpha value is -2.39. The van der Waals surface area contributed by atoms with Crippen molar-refractivity contribution in [2.45, 2.75) is 0 Å². The fraction of sp³-hybridized carbons (Fsp3) is 0.118. The zero-order valence-electron chi connectivity index (χ0n) is 11.3. The second kappa shape index (κ2) is 7.26. The molecule has 0 heterocycles. The average Bonchev–Trinajstić information content (AvgIpc) is 2.52. The quantitative estimate of drug-likeness (QED) is 0.456. The van der Waals surface area contributed by atoms with Crippen LogP contribution in [0.2, 0.25) is 0 Å². The van der Waals surface area contributed by atoms with Crippen LogP contribution in [0.1, 0.15) is 15.9 Å². The molecule has 102 valence electrons. The van der Waals surface area contributed by atoms with Crippen LogP contribution in [-0.4, -0.2) is 19.7 Å². The molecule has 0 aliphatic rings. The average molecular weight is 268 g/mol. The highest BCUT2D eigenvalue weighted by molar-refractivity contribution is 6.08. The van der Waals surface area contributed by atoms with E-state index in [1.54, 1.807) is 31.4 Å². The summed E-state index contributed by atoms with van der Waals surface area (Å²) in [5.74, 6) is 0.428. The number of ether oxygens (including phenoxy) is 2. The van der Waals surface area contributed by atoms with Crippen molar-refractivity contribution < 1.29 is 14.3 Å². The van der Waals surface area contributed by atoms with Gasteiger partial charge in [-0.25, -0.2) is 0 Å². The molecule has 2 rings (SSSR count). The standard InChI is InChI=1S/C17H16O3/c1-19-13-20-17-10-6-5-9-15(17)16(18)12-11-14-7-3-2-4-8-14/h2-12H,13H2,1H3/b12-11+. The molecule has 0 aromatic heterocycles. The van der Waals surface area contributed by atoms with E-state index in [4.69, 9.17) is 9.47 Å². The molecule has 2 aromatic carbocycles. The number of allylic oxidation sites excluding steroid dienone is 1. The van der Waals surface area contributed by atoms with Crippen LogP contribution in [0.5, 0.6) is 5.75 Å². The zero-order chi connectivity index (χ0) is 14.2. The van der Waals surface area contributed by atoms with Gasteiger partial charge in [0.1, 0.15) is 5.75 Å². The summed E-state index contributed by atoms with van der Waals surface area (Å²) in [6, 6.07) is 16.8. The van der Waals surface area contributed by atoms with Gasteiger partial charge < -0.3 is 9.47 Å². The van der Waals surface area contributed by atoms with Crippen molar-refractivity contribution in [2.24, 2.45) is 0 Å². The van der Waals surface area contributed by atoms with Gasteiger partial charge in [0.25, 0.3) is 0 Å². The lowest BCUT2D eigenvalue weighted by Crippen LogP contribution is -2.04. The molecular formula is C17H16O3. The van der Waals surface area contributed by atoms with E-state index >= 15 is 0 Å². The second-order valence-electron chi connectivity index (χ2n) is 4.16. The third kappa shape index (κ3) is 3.80. The molecule has 0 radical (unpaired) electrons. The van der Waals surface area contributed by atoms with Gasteiger partial charge in [-0.3, -0.25) is 4.79 Å². The highest BCUT2D eigenvalue weighted by atomic mass is 16.7. The third-order valence-corrected chi connectivity index (χ3v) is 2.71. The van der Waals surface area contributed by atoms with Gasteiger partial charge in [0, 0.05) is 7.11 Å². The molecule has 0 spiro atoms. The Kier molecular flexibility index (Phi) is 5.09. The van der Waals surface area contributed by atoms with Gasteiger partial charge >= 0.3 is 0 Å². The molecule has 0 bridgehead atoms. The first-order chi connectivity index (χ1) is 9.81. The normalized spacial score (nSPS) is 10.7. The fourth-order valence-electron chi connectivity index (χ4n) is 1.74. The van der Waals surface area contributed by atoms with Gasteiger partial charge in [0.15, 0.2) is 12.6 Å². The molecule has 0 saturated carbocycles. The van der Waals surface area contributed by atoms with Crippen LogP contribution >= 0.6 is 0 Å². The van der Waals surface area contributed by atoms with Crippen LogP contribution in [0.4, 0.5) is 0 Å². The summed E-state index contributed by atoms with van der Waals surface area (Å²) >= 11 is 0. The highest BCUT2D eigenvalue weighted by Crippen LogP contribution is 2.19. The predicted octanol–water partition coefficient (Wildman–Crippen LogP) is 3.57. The van der Waals surface area contributed by atoms with E-state index in [1.165, 1.54) is 0 Å². The number of ketones is 1. The van der Waals surface area contributed by atoms with Crippen LogP contribution in [-0.2, 0) is 4.74 Å². The molecule has 3 heteroatoms. The summed E-state index contributed by atoms with van der Waals surface area (Å²) in [6.45, 7) is 0.118. The zero-order valence-corrected chi connectivity index (χ0v) is 11.3. The predicted molar refractivity (Wildman–Crippen MR) is 78.8 cm³/mol. The van der Waals surface area contributed by atoms with Gasteiger partial charge in [-0.1, -0.05) is 48.5 Å². The minimum Gasteiger partial charge on any atom is -0.467 e. The highest BCUT2D eigenvalue weighted by Gasteiger charge is 2.08. The van der Waals surface area contributed by atoms with Crippen molar-refractivity contribution in [3.05, 3.63) is 71.8 Å². The molecule has 0 atom stereocenters. The van der Waals surface area contributed by atoms with Crippen LogP contribution in [0, 0.1) is 0 Å². The molecule has 0 amide bonds. The minimum absolute atomic E-state index is 0.0967. The maximum atomic E-state index is 12.2. The van der Waals surface area contributed by atoms with E-state index in [-0.39, 0.29) is 12.6 Å². The van der Waals surface area contributed by atoms with Crippen LogP contribution in [0.15, 0.2) is 60.7 Å². The summed E-state index contributed by atoms with van der Waals surface area (Å²) < 4.78 is 10.2. The van der Waals surface area contributed by atoms with E-state index in [9.17, 15) is 4.79 Å². The Morgan fingerprint density at radius 2 is 1.75 bits per heavy atom. The van der Waals surface area contributed by atoms with Crippen molar-refractivity contribution in [2.75, 3.05) is 13.9 Å². The van der Waals surface area contributed by atoms with E-state index in [0.717, 1.165) is 5.56 Å². The van der Waals surface area contributed by atoms with Crippen LogP contribution in [0.25, 0.3) is 6.08 Å². The lowest BCUT2D eigenvalue weighted by molar-refractivity contribution is 0.0504. The van der Waals surface area contributed by atoms with E-state index < -0.39 is 0 Å². The Labute approximate surface area is 118 Å². The molecule has 0 unspecified atom stereocenters. The Balaban J connectivity index is 2.15. The van der Waals surface area contributed by atoms with Gasteiger partial charge in [-0.05, 0) is 23.8 Å². The molecule has 20 heavy (non-hydrogen) atoms. The van der Waals surface area contributed by atoms with Gasteiger partial charge in [-0.15, -0.1) is 0 Å². The largest absolute Gasteiger partial charge is 0.467 e. The summed E-state index contributed by atoms with van der Waals surface area (Å²) in [5, 5.41) is 0. The van der Waals surface area contributed by atoms with Crippen LogP contribution in [0.3, 0.4) is 0 Å². The smallest absolute Gasteiger partial charge is 0.189 e. The lowest BCUT2D eigenvalue weighted by atomic mass is 10.1. The number of para-hydroxylation sites is 1. The molecular weight excluding hydrogens is 252 g/mol. The molecule has 3 nitrogen and oxygen atoms in total. The fourth-order valence-corrected chi connectivity index (χ4v) is 1.74. The molecule has 0 saturated heterocycles. The molecule has 0 fully saturated rings. The van der Waals surface area contributed by atoms with Crippen molar-refractivity contribution in [3.63, 3.8) is 0 Å².